The van der Waals surface area contributed by atoms with Crippen LogP contribution in [0.15, 0.2) is 29.3 Å². The minimum Gasteiger partial charge on any atom is -0.496 e. The first kappa shape index (κ1) is 18.8. The Morgan fingerprint density at radius 3 is 2.65 bits per heavy atom. The van der Waals surface area contributed by atoms with Gasteiger partial charge in [-0.1, -0.05) is 18.2 Å². The zero-order valence-electron chi connectivity index (χ0n) is 14.2. The van der Waals surface area contributed by atoms with Crippen LogP contribution in [0.2, 0.25) is 0 Å². The van der Waals surface area contributed by atoms with Gasteiger partial charge in [0.05, 0.1) is 13.7 Å². The molecule has 1 rings (SSSR count). The fourth-order valence-corrected chi connectivity index (χ4v) is 2.12. The monoisotopic (exact) mass is 321 g/mol. The molecule has 0 aliphatic rings. The number of methoxy groups -OCH3 is 1. The highest BCUT2D eigenvalue weighted by Gasteiger charge is 2.04. The second kappa shape index (κ2) is 11.3. The molecule has 0 aliphatic carbocycles. The Bertz CT molecular complexity index is 504. The molecule has 0 amide bonds. The first-order valence-electron chi connectivity index (χ1n) is 7.93. The summed E-state index contributed by atoms with van der Waals surface area (Å²) in [6.07, 6.45) is 1.97. The maximum Gasteiger partial charge on any atom is 0.305 e. The Labute approximate surface area is 138 Å². The standard InChI is InChI=1S/C17H27N3O3/c1-4-23-16(21)10-7-12-19-17(18-2)20-13-11-14-8-5-6-9-15(14)22-3/h5-6,8-9H,4,7,10-13H2,1-3H3,(H2,18,19,20). The van der Waals surface area contributed by atoms with Gasteiger partial charge in [-0.2, -0.15) is 0 Å². The Kier molecular flexibility index (Phi) is 9.28. The van der Waals surface area contributed by atoms with Crippen LogP contribution in [0.4, 0.5) is 0 Å². The number of nitrogens with one attached hydrogen (secondary N) is 2. The van der Waals surface area contributed by atoms with Gasteiger partial charge in [0, 0.05) is 26.6 Å². The number of ether oxygens (including phenoxy) is 2. The van der Waals surface area contributed by atoms with Crippen LogP contribution in [-0.2, 0) is 16.0 Å². The smallest absolute Gasteiger partial charge is 0.305 e. The molecule has 2 N–H and O–H groups in total. The fraction of sp³-hybridized carbons (Fsp3) is 0.529. The lowest BCUT2D eigenvalue weighted by atomic mass is 10.1. The van der Waals surface area contributed by atoms with E-state index in [1.165, 1.54) is 0 Å². The van der Waals surface area contributed by atoms with Crippen LogP contribution in [0.5, 0.6) is 5.75 Å². The van der Waals surface area contributed by atoms with Crippen LogP contribution in [0.25, 0.3) is 0 Å². The Hall–Kier alpha value is -2.24. The van der Waals surface area contributed by atoms with E-state index in [4.69, 9.17) is 9.47 Å². The number of aliphatic imine (C=N–C) groups is 1. The van der Waals surface area contributed by atoms with Crippen molar-refractivity contribution in [2.24, 2.45) is 4.99 Å². The van der Waals surface area contributed by atoms with Gasteiger partial charge in [-0.05, 0) is 31.4 Å². The average Bonchev–Trinajstić information content (AvgIpc) is 2.57. The molecule has 0 saturated heterocycles. The Balaban J connectivity index is 2.25. The van der Waals surface area contributed by atoms with E-state index in [0.717, 1.165) is 30.2 Å². The lowest BCUT2D eigenvalue weighted by Crippen LogP contribution is -2.38. The van der Waals surface area contributed by atoms with Gasteiger partial charge >= 0.3 is 5.97 Å². The molecule has 0 unspecified atom stereocenters. The van der Waals surface area contributed by atoms with Crippen molar-refractivity contribution in [3.63, 3.8) is 0 Å². The van der Waals surface area contributed by atoms with E-state index in [1.807, 2.05) is 25.1 Å². The first-order chi connectivity index (χ1) is 11.2. The number of hydrogen-bond acceptors (Lipinski definition) is 4. The molecule has 0 heterocycles. The second-order valence-electron chi connectivity index (χ2n) is 4.90. The predicted molar refractivity (Wildman–Crippen MR) is 91.9 cm³/mol. The molecule has 1 aromatic carbocycles. The summed E-state index contributed by atoms with van der Waals surface area (Å²) in [6.45, 7) is 3.66. The predicted octanol–water partition coefficient (Wildman–Crippen LogP) is 1.75. The van der Waals surface area contributed by atoms with Gasteiger partial charge in [-0.3, -0.25) is 9.79 Å². The molecule has 128 valence electrons. The molecular formula is C17H27N3O3. The van der Waals surface area contributed by atoms with Crippen molar-refractivity contribution in [3.8, 4) is 5.75 Å². The number of hydrogen-bond donors (Lipinski definition) is 2. The lowest BCUT2D eigenvalue weighted by molar-refractivity contribution is -0.143. The fourth-order valence-electron chi connectivity index (χ4n) is 2.12. The topological polar surface area (TPSA) is 72.0 Å². The summed E-state index contributed by atoms with van der Waals surface area (Å²) in [6, 6.07) is 7.97. The minimum atomic E-state index is -0.159. The third kappa shape index (κ3) is 7.54. The van der Waals surface area contributed by atoms with E-state index in [9.17, 15) is 4.79 Å². The highest BCUT2D eigenvalue weighted by Crippen LogP contribution is 2.17. The summed E-state index contributed by atoms with van der Waals surface area (Å²) in [5.41, 5.74) is 1.15. The molecule has 0 atom stereocenters. The largest absolute Gasteiger partial charge is 0.496 e. The normalized spacial score (nSPS) is 11.0. The van der Waals surface area contributed by atoms with E-state index in [1.54, 1.807) is 14.2 Å². The number of esters is 1. The summed E-state index contributed by atoms with van der Waals surface area (Å²) in [7, 11) is 3.40. The van der Waals surface area contributed by atoms with E-state index >= 15 is 0 Å². The molecule has 0 fully saturated rings. The summed E-state index contributed by atoms with van der Waals surface area (Å²) >= 11 is 0. The summed E-state index contributed by atoms with van der Waals surface area (Å²) < 4.78 is 10.2. The van der Waals surface area contributed by atoms with Crippen molar-refractivity contribution >= 4 is 11.9 Å². The summed E-state index contributed by atoms with van der Waals surface area (Å²) in [5.74, 6) is 1.46. The molecule has 23 heavy (non-hydrogen) atoms. The molecule has 6 heteroatoms. The lowest BCUT2D eigenvalue weighted by Gasteiger charge is -2.13. The third-order valence-corrected chi connectivity index (χ3v) is 3.26. The number of carbonyl (C=O) groups is 1. The van der Waals surface area contributed by atoms with Crippen molar-refractivity contribution in [1.82, 2.24) is 10.6 Å². The number of nitrogens with zero attached hydrogens (tertiary/aromatic N) is 1. The zero-order chi connectivity index (χ0) is 16.9. The van der Waals surface area contributed by atoms with Gasteiger partial charge in [0.2, 0.25) is 0 Å². The minimum absolute atomic E-state index is 0.159. The molecule has 1 aromatic rings. The van der Waals surface area contributed by atoms with Gasteiger partial charge in [0.1, 0.15) is 5.75 Å². The van der Waals surface area contributed by atoms with Gasteiger partial charge in [-0.15, -0.1) is 0 Å². The van der Waals surface area contributed by atoms with Crippen molar-refractivity contribution in [1.29, 1.82) is 0 Å². The van der Waals surface area contributed by atoms with Crippen molar-refractivity contribution in [2.75, 3.05) is 33.9 Å². The van der Waals surface area contributed by atoms with Crippen LogP contribution < -0.4 is 15.4 Å². The average molecular weight is 321 g/mol. The van der Waals surface area contributed by atoms with E-state index in [-0.39, 0.29) is 5.97 Å². The van der Waals surface area contributed by atoms with Gasteiger partial charge in [-0.25, -0.2) is 0 Å². The highest BCUT2D eigenvalue weighted by atomic mass is 16.5. The van der Waals surface area contributed by atoms with Crippen LogP contribution in [-0.4, -0.2) is 45.8 Å². The van der Waals surface area contributed by atoms with Crippen molar-refractivity contribution in [2.45, 2.75) is 26.2 Å². The quantitative estimate of drug-likeness (QED) is 0.314. The number of para-hydroxylation sites is 1. The maximum absolute atomic E-state index is 11.2. The molecule has 0 radical (unpaired) electrons. The molecule has 0 saturated carbocycles. The van der Waals surface area contributed by atoms with Crippen LogP contribution in [0.1, 0.15) is 25.3 Å². The number of rotatable bonds is 9. The van der Waals surface area contributed by atoms with Crippen molar-refractivity contribution < 1.29 is 14.3 Å². The van der Waals surface area contributed by atoms with Crippen molar-refractivity contribution in [3.05, 3.63) is 29.8 Å². The van der Waals surface area contributed by atoms with Crippen LogP contribution in [0, 0.1) is 0 Å². The molecule has 0 aliphatic heterocycles. The Morgan fingerprint density at radius 2 is 1.96 bits per heavy atom. The van der Waals surface area contributed by atoms with Gasteiger partial charge < -0.3 is 20.1 Å². The summed E-state index contributed by atoms with van der Waals surface area (Å²) in [4.78, 5) is 15.4. The van der Waals surface area contributed by atoms with E-state index in [2.05, 4.69) is 21.7 Å². The van der Waals surface area contributed by atoms with Crippen LogP contribution in [0.3, 0.4) is 0 Å². The molecule has 0 spiro atoms. The summed E-state index contributed by atoms with van der Waals surface area (Å²) in [5, 5.41) is 6.43. The number of benzene rings is 1. The SMILES string of the molecule is CCOC(=O)CCCNC(=NC)NCCc1ccccc1OC. The number of carbonyl (C=O) groups excluding carboxylic acids is 1. The molecule has 0 bridgehead atoms. The number of guanidine groups is 1. The molecule has 6 nitrogen and oxygen atoms in total. The van der Waals surface area contributed by atoms with Gasteiger partial charge in [0.15, 0.2) is 5.96 Å². The van der Waals surface area contributed by atoms with E-state index in [0.29, 0.717) is 26.0 Å². The maximum atomic E-state index is 11.2. The third-order valence-electron chi connectivity index (χ3n) is 3.26. The highest BCUT2D eigenvalue weighted by molar-refractivity contribution is 5.79. The van der Waals surface area contributed by atoms with Crippen LogP contribution >= 0.6 is 0 Å². The second-order valence-corrected chi connectivity index (χ2v) is 4.90. The van der Waals surface area contributed by atoms with E-state index < -0.39 is 0 Å². The first-order valence-corrected chi connectivity index (χ1v) is 7.93. The zero-order valence-corrected chi connectivity index (χ0v) is 14.2. The molecule has 0 aromatic heterocycles. The Morgan fingerprint density at radius 1 is 1.22 bits per heavy atom. The molecular weight excluding hydrogens is 294 g/mol. The van der Waals surface area contributed by atoms with Gasteiger partial charge in [0.25, 0.3) is 0 Å².